The molecular weight excluding hydrogens is 580 g/mol. The highest BCUT2D eigenvalue weighted by Gasteiger charge is 2.52. The number of rotatable bonds is 9. The molecule has 0 saturated carbocycles. The molecular formula is C16H25N5O16P2. The van der Waals surface area contributed by atoms with Gasteiger partial charge in [-0.25, -0.2) is 9.13 Å². The molecule has 2 saturated heterocycles. The van der Waals surface area contributed by atoms with Crippen LogP contribution in [0.25, 0.3) is 0 Å². The van der Waals surface area contributed by atoms with Gasteiger partial charge < -0.3 is 49.9 Å². The number of guanidine groups is 1. The van der Waals surface area contributed by atoms with Gasteiger partial charge in [0.1, 0.15) is 42.7 Å². The fraction of sp³-hybridized carbons (Fsp3) is 0.750. The average molecular weight is 605 g/mol. The standard InChI is InChI=1S/C16H25N5O16P2/c17-16-19-12-6(13(28)20-16)18-3-21(12)14-10(26)8(24)5(34-14)2-33-38(29,30)37-39(31,32)36-15-11(27)9(25)7(23)4(1-22)35-15/h3-11,14-15,22-27H,1-2H2,(H,29,30)(H,31,32)(H2,17,20,28)/t4-,5+,6?,7+,8+,9+,10+,11-,14+,15+/m0/s1. The predicted molar refractivity (Wildman–Crippen MR) is 120 cm³/mol. The monoisotopic (exact) mass is 605 g/mol. The number of hydrogen-bond donors (Lipinski definition) is 10. The molecule has 0 aromatic carbocycles. The summed E-state index contributed by atoms with van der Waals surface area (Å²) in [6, 6.07) is -1.14. The molecule has 23 heteroatoms. The molecule has 10 N–H and O–H groups in total. The normalized spacial score (nSPS) is 41.5. The fourth-order valence-corrected chi connectivity index (χ4v) is 6.11. The minimum Gasteiger partial charge on any atom is -0.394 e. The summed E-state index contributed by atoms with van der Waals surface area (Å²) >= 11 is 0. The first kappa shape index (κ1) is 30.2. The van der Waals surface area contributed by atoms with Crippen molar-refractivity contribution in [2.24, 2.45) is 9.98 Å². The Hall–Kier alpha value is -1.78. The predicted octanol–water partition coefficient (Wildman–Crippen LogP) is -5.34. The van der Waals surface area contributed by atoms with Crippen LogP contribution in [-0.4, -0.2) is 144 Å². The zero-order valence-electron chi connectivity index (χ0n) is 19.3. The smallest absolute Gasteiger partial charge is 0.394 e. The lowest BCUT2D eigenvalue weighted by atomic mass is 10.00. The third-order valence-corrected chi connectivity index (χ3v) is 8.47. The van der Waals surface area contributed by atoms with Crippen LogP contribution >= 0.6 is 15.6 Å². The quantitative estimate of drug-likeness (QED) is 0.110. The topological polar surface area (TPSA) is 323 Å². The second-order valence-electron chi connectivity index (χ2n) is 8.55. The van der Waals surface area contributed by atoms with Gasteiger partial charge in [-0.1, -0.05) is 0 Å². The summed E-state index contributed by atoms with van der Waals surface area (Å²) in [6.45, 7) is -1.90. The van der Waals surface area contributed by atoms with E-state index in [1.165, 1.54) is 0 Å². The fourth-order valence-electron chi connectivity index (χ4n) is 3.96. The Morgan fingerprint density at radius 3 is 2.33 bits per heavy atom. The van der Waals surface area contributed by atoms with Gasteiger partial charge in [0.15, 0.2) is 24.4 Å². The number of phosphoric acid groups is 2. The molecule has 4 heterocycles. The van der Waals surface area contributed by atoms with Gasteiger partial charge >= 0.3 is 15.6 Å². The molecule has 220 valence electrons. The minimum absolute atomic E-state index is 0.0932. The van der Waals surface area contributed by atoms with Crippen LogP contribution in [0.4, 0.5) is 0 Å². The van der Waals surface area contributed by atoms with E-state index in [1.807, 2.05) is 0 Å². The summed E-state index contributed by atoms with van der Waals surface area (Å²) in [7, 11) is -11.1. The molecule has 0 aromatic rings. The van der Waals surface area contributed by atoms with Crippen molar-refractivity contribution in [3.63, 3.8) is 0 Å². The lowest BCUT2D eigenvalue weighted by Crippen LogP contribution is -2.58. The molecule has 4 aliphatic heterocycles. The van der Waals surface area contributed by atoms with E-state index >= 15 is 0 Å². The maximum absolute atomic E-state index is 12.3. The maximum atomic E-state index is 12.3. The summed E-state index contributed by atoms with van der Waals surface area (Å²) in [5.74, 6) is -1.27. The summed E-state index contributed by atoms with van der Waals surface area (Å²) in [6.07, 6.45) is -15.0. The number of phosphoric ester groups is 2. The number of aliphatic imine (C=N–C) groups is 2. The third kappa shape index (κ3) is 6.27. The lowest BCUT2D eigenvalue weighted by Gasteiger charge is -2.39. The molecule has 0 aromatic heterocycles. The van der Waals surface area contributed by atoms with Crippen molar-refractivity contribution in [3.05, 3.63) is 0 Å². The lowest BCUT2D eigenvalue weighted by molar-refractivity contribution is -0.280. The number of carbonyl (C=O) groups is 1. The second kappa shape index (κ2) is 11.2. The van der Waals surface area contributed by atoms with E-state index in [4.69, 9.17) is 20.0 Å². The largest absolute Gasteiger partial charge is 0.483 e. The number of fused-ring (bicyclic) bond motifs is 1. The molecule has 21 nitrogen and oxygen atoms in total. The van der Waals surface area contributed by atoms with Crippen LogP contribution in [0.5, 0.6) is 0 Å². The van der Waals surface area contributed by atoms with Crippen LogP contribution < -0.4 is 5.32 Å². The highest BCUT2D eigenvalue weighted by atomic mass is 31.3. The van der Waals surface area contributed by atoms with Gasteiger partial charge in [0.2, 0.25) is 5.96 Å². The van der Waals surface area contributed by atoms with E-state index in [0.717, 1.165) is 11.2 Å². The Bertz CT molecular complexity index is 1140. The van der Waals surface area contributed by atoms with Crippen LogP contribution in [0.2, 0.25) is 0 Å². The van der Waals surface area contributed by atoms with Gasteiger partial charge in [0.25, 0.3) is 5.91 Å². The van der Waals surface area contributed by atoms with Crippen molar-refractivity contribution < 1.29 is 77.2 Å². The molecule has 3 unspecified atom stereocenters. The number of aliphatic hydroxyl groups is 6. The molecule has 4 aliphatic rings. The highest BCUT2D eigenvalue weighted by molar-refractivity contribution is 7.61. The average Bonchev–Trinajstić information content (AvgIpc) is 3.38. The Morgan fingerprint density at radius 2 is 1.67 bits per heavy atom. The molecule has 0 aliphatic carbocycles. The van der Waals surface area contributed by atoms with Gasteiger partial charge in [-0.2, -0.15) is 9.30 Å². The van der Waals surface area contributed by atoms with Crippen molar-refractivity contribution in [2.75, 3.05) is 13.2 Å². The molecule has 4 rings (SSSR count). The number of aliphatic hydroxyl groups excluding tert-OH is 6. The number of nitrogens with zero attached hydrogens (tertiary/aromatic N) is 3. The zero-order chi connectivity index (χ0) is 28.9. The van der Waals surface area contributed by atoms with E-state index < -0.39 is 102 Å². The van der Waals surface area contributed by atoms with E-state index in [1.54, 1.807) is 0 Å². The van der Waals surface area contributed by atoms with Crippen LogP contribution in [0, 0.1) is 5.41 Å². The number of amides is 1. The Balaban J connectivity index is 1.35. The SMILES string of the molecule is N=C1N=C2C(N=CN2[C@@H]2O[C@H](COP(=O)(O)OP(=O)(O)O[C@H]3O[C@@H](CO)[C@@H](O)[C@@H](O)[C@@H]3O)[C@@H](O)[C@H]2O)C(=O)N1. The molecule has 0 radical (unpaired) electrons. The minimum atomic E-state index is -5.60. The summed E-state index contributed by atoms with van der Waals surface area (Å²) in [5, 5.41) is 68.9. The van der Waals surface area contributed by atoms with Crippen molar-refractivity contribution in [2.45, 2.75) is 61.3 Å². The summed E-state index contributed by atoms with van der Waals surface area (Å²) in [5.41, 5.74) is 0. The van der Waals surface area contributed by atoms with Crippen LogP contribution in [0.1, 0.15) is 0 Å². The third-order valence-electron chi connectivity index (χ3n) is 5.87. The molecule has 1 amide bonds. The maximum Gasteiger partial charge on any atom is 0.483 e. The molecule has 2 fully saturated rings. The molecule has 39 heavy (non-hydrogen) atoms. The molecule has 0 bridgehead atoms. The molecule has 12 atom stereocenters. The van der Waals surface area contributed by atoms with Crippen LogP contribution in [-0.2, 0) is 36.8 Å². The van der Waals surface area contributed by atoms with E-state index in [-0.39, 0.29) is 5.84 Å². The summed E-state index contributed by atoms with van der Waals surface area (Å²) < 4.78 is 48.0. The van der Waals surface area contributed by atoms with Crippen LogP contribution in [0.3, 0.4) is 0 Å². The van der Waals surface area contributed by atoms with Crippen molar-refractivity contribution in [1.82, 2.24) is 10.2 Å². The number of ether oxygens (including phenoxy) is 2. The first-order valence-electron chi connectivity index (χ1n) is 11.0. The Kier molecular flexibility index (Phi) is 8.70. The van der Waals surface area contributed by atoms with Gasteiger partial charge in [0.05, 0.1) is 19.6 Å². The summed E-state index contributed by atoms with van der Waals surface area (Å²) in [4.78, 5) is 40.5. The first-order valence-corrected chi connectivity index (χ1v) is 13.9. The first-order chi connectivity index (χ1) is 18.1. The van der Waals surface area contributed by atoms with E-state index in [0.29, 0.717) is 0 Å². The van der Waals surface area contributed by atoms with Gasteiger partial charge in [-0.15, -0.1) is 0 Å². The van der Waals surface area contributed by atoms with Crippen molar-refractivity contribution in [1.29, 1.82) is 5.41 Å². The van der Waals surface area contributed by atoms with Gasteiger partial charge in [-0.3, -0.25) is 34.5 Å². The van der Waals surface area contributed by atoms with Crippen LogP contribution in [0.15, 0.2) is 9.98 Å². The number of hydrogen-bond acceptors (Lipinski definition) is 17. The molecule has 0 spiro atoms. The highest BCUT2D eigenvalue weighted by Crippen LogP contribution is 2.61. The Morgan fingerprint density at radius 1 is 1.00 bits per heavy atom. The van der Waals surface area contributed by atoms with Gasteiger partial charge in [0, 0.05) is 0 Å². The number of carbonyl (C=O) groups excluding carboxylic acids is 1. The van der Waals surface area contributed by atoms with Crippen molar-refractivity contribution >= 4 is 39.7 Å². The van der Waals surface area contributed by atoms with Crippen molar-refractivity contribution in [3.8, 4) is 0 Å². The van der Waals surface area contributed by atoms with Gasteiger partial charge in [-0.05, 0) is 0 Å². The van der Waals surface area contributed by atoms with E-state index in [9.17, 15) is 49.2 Å². The number of nitrogens with one attached hydrogen (secondary N) is 2. The second-order valence-corrected chi connectivity index (χ2v) is 11.5. The Labute approximate surface area is 217 Å². The zero-order valence-corrected chi connectivity index (χ0v) is 21.1. The number of amidine groups is 1. The van der Waals surface area contributed by atoms with E-state index in [2.05, 4.69) is 28.7 Å².